The van der Waals surface area contributed by atoms with Crippen molar-refractivity contribution in [1.82, 2.24) is 0 Å². The fourth-order valence-electron chi connectivity index (χ4n) is 3.24. The van der Waals surface area contributed by atoms with Crippen LogP contribution in [0, 0.1) is 28.5 Å². The molecule has 1 heterocycles. The van der Waals surface area contributed by atoms with Gasteiger partial charge in [-0.3, -0.25) is 0 Å². The number of fused-ring (bicyclic) bond motifs is 1. The maximum atomic E-state index is 13.8. The van der Waals surface area contributed by atoms with Crippen LogP contribution in [0.25, 0.3) is 0 Å². The van der Waals surface area contributed by atoms with Crippen molar-refractivity contribution in [2.75, 3.05) is 11.4 Å². The Hall–Kier alpha value is -2.82. The van der Waals surface area contributed by atoms with Crippen molar-refractivity contribution in [3.8, 4) is 12.1 Å². The lowest BCUT2D eigenvalue weighted by atomic mass is 9.97. The highest BCUT2D eigenvalue weighted by atomic mass is 35.5. The monoisotopic (exact) mass is 443 g/mol. The van der Waals surface area contributed by atoms with E-state index in [0.717, 1.165) is 12.1 Å². The number of hydrogen-bond acceptors (Lipinski definition) is 5. The lowest BCUT2D eigenvalue weighted by Gasteiger charge is -2.33. The zero-order chi connectivity index (χ0) is 21.6. The molecule has 5 nitrogen and oxygen atoms in total. The van der Waals surface area contributed by atoms with Gasteiger partial charge in [-0.15, -0.1) is 0 Å². The van der Waals surface area contributed by atoms with Crippen LogP contribution in [0.5, 0.6) is 0 Å². The van der Waals surface area contributed by atoms with Gasteiger partial charge in [0, 0.05) is 6.54 Å². The zero-order valence-electron chi connectivity index (χ0n) is 14.4. The second-order valence-corrected chi connectivity index (χ2v) is 8.45. The van der Waals surface area contributed by atoms with Crippen LogP contribution in [0.1, 0.15) is 23.1 Å². The van der Waals surface area contributed by atoms with E-state index in [2.05, 4.69) is 0 Å². The van der Waals surface area contributed by atoms with Gasteiger partial charge in [0.1, 0.15) is 18.0 Å². The van der Waals surface area contributed by atoms with Gasteiger partial charge in [0.25, 0.3) is 9.84 Å². The molecule has 2 aromatic rings. The van der Waals surface area contributed by atoms with Crippen molar-refractivity contribution in [2.45, 2.75) is 23.2 Å². The van der Waals surface area contributed by atoms with Crippen LogP contribution in [0.2, 0.25) is 5.02 Å². The standard InChI is InChI=1S/C18H10ClF4N3O2S/c19-16-13(9-25)15(29(27,28)18(21,22)23)4-3-14(16)26-5-1-2-10-6-12(20)7-11(8-24)17(10)26/h3-4,6-7H,1-2,5H2. The molecule has 0 saturated carbocycles. The first kappa shape index (κ1) is 20.9. The number of hydrogen-bond donors (Lipinski definition) is 0. The Balaban J connectivity index is 2.25. The molecule has 0 bridgehead atoms. The SMILES string of the molecule is N#Cc1cc(F)cc2c1N(c1ccc(S(=O)(=O)C(F)(F)F)c(C#N)c1Cl)CCC2. The molecule has 11 heteroatoms. The van der Waals surface area contributed by atoms with Crippen molar-refractivity contribution in [3.05, 3.63) is 51.8 Å². The maximum Gasteiger partial charge on any atom is 0.501 e. The topological polar surface area (TPSA) is 85.0 Å². The highest BCUT2D eigenvalue weighted by Gasteiger charge is 2.48. The van der Waals surface area contributed by atoms with E-state index in [0.29, 0.717) is 30.2 Å². The molecule has 0 amide bonds. The first-order chi connectivity index (χ1) is 13.5. The highest BCUT2D eigenvalue weighted by molar-refractivity contribution is 7.92. The maximum absolute atomic E-state index is 13.8. The van der Waals surface area contributed by atoms with Crippen LogP contribution in [0.4, 0.5) is 28.9 Å². The summed E-state index contributed by atoms with van der Waals surface area (Å²) in [6.07, 6.45) is 0.976. The minimum absolute atomic E-state index is 0.0127. The molecule has 0 unspecified atom stereocenters. The summed E-state index contributed by atoms with van der Waals surface area (Å²) in [7, 11) is -5.80. The van der Waals surface area contributed by atoms with Crippen LogP contribution in [0.15, 0.2) is 29.2 Å². The molecule has 3 rings (SSSR count). The van der Waals surface area contributed by atoms with Crippen molar-refractivity contribution in [3.63, 3.8) is 0 Å². The van der Waals surface area contributed by atoms with Crippen molar-refractivity contribution >= 4 is 32.8 Å². The molecule has 0 fully saturated rings. The van der Waals surface area contributed by atoms with E-state index in [9.17, 15) is 36.5 Å². The Kier molecular flexibility index (Phi) is 5.20. The van der Waals surface area contributed by atoms with Gasteiger partial charge in [-0.1, -0.05) is 11.6 Å². The summed E-state index contributed by atoms with van der Waals surface area (Å²) < 4.78 is 76.1. The largest absolute Gasteiger partial charge is 0.501 e. The molecule has 150 valence electrons. The number of benzene rings is 2. The van der Waals surface area contributed by atoms with Gasteiger partial charge in [-0.05, 0) is 42.7 Å². The number of nitrogens with zero attached hydrogens (tertiary/aromatic N) is 3. The number of nitriles is 2. The number of anilines is 2. The first-order valence-electron chi connectivity index (χ1n) is 8.07. The first-order valence-corrected chi connectivity index (χ1v) is 9.93. The smallest absolute Gasteiger partial charge is 0.339 e. The Morgan fingerprint density at radius 3 is 2.41 bits per heavy atom. The lowest BCUT2D eigenvalue weighted by Crippen LogP contribution is -2.27. The Labute approximate surface area is 168 Å². The Morgan fingerprint density at radius 1 is 1.14 bits per heavy atom. The molecule has 1 aliphatic heterocycles. The molecule has 0 N–H and O–H groups in total. The van der Waals surface area contributed by atoms with Gasteiger partial charge in [-0.2, -0.15) is 23.7 Å². The number of sulfone groups is 1. The average Bonchev–Trinajstić information content (AvgIpc) is 2.65. The molecule has 0 radical (unpaired) electrons. The van der Waals surface area contributed by atoms with Crippen LogP contribution < -0.4 is 4.90 Å². The van der Waals surface area contributed by atoms with E-state index in [4.69, 9.17) is 11.6 Å². The van der Waals surface area contributed by atoms with Crippen molar-refractivity contribution in [2.24, 2.45) is 0 Å². The highest BCUT2D eigenvalue weighted by Crippen LogP contribution is 2.43. The second-order valence-electron chi connectivity index (χ2n) is 6.16. The molecule has 0 aromatic heterocycles. The molecular weight excluding hydrogens is 434 g/mol. The predicted octanol–water partition coefficient (Wildman–Crippen LogP) is 4.60. The summed E-state index contributed by atoms with van der Waals surface area (Å²) in [4.78, 5) is 0.224. The van der Waals surface area contributed by atoms with Gasteiger partial charge in [0.05, 0.1) is 32.4 Å². The van der Waals surface area contributed by atoms with Crippen molar-refractivity contribution < 1.29 is 26.0 Å². The summed E-state index contributed by atoms with van der Waals surface area (Å²) >= 11 is 6.14. The number of alkyl halides is 3. The van der Waals surface area contributed by atoms with Gasteiger partial charge in [-0.25, -0.2) is 12.8 Å². The predicted molar refractivity (Wildman–Crippen MR) is 95.8 cm³/mol. The molecule has 29 heavy (non-hydrogen) atoms. The molecule has 1 aliphatic rings. The third-order valence-corrected chi connectivity index (χ3v) is 6.36. The van der Waals surface area contributed by atoms with Gasteiger partial charge in [0.2, 0.25) is 0 Å². The summed E-state index contributed by atoms with van der Waals surface area (Å²) in [6, 6.07) is 7.24. The van der Waals surface area contributed by atoms with E-state index in [1.807, 2.05) is 6.07 Å². The summed E-state index contributed by atoms with van der Waals surface area (Å²) in [5, 5.41) is 18.2. The fraction of sp³-hybridized carbons (Fsp3) is 0.222. The van der Waals surface area contributed by atoms with E-state index in [1.54, 1.807) is 0 Å². The molecule has 0 atom stereocenters. The quantitative estimate of drug-likeness (QED) is 0.633. The third-order valence-electron chi connectivity index (χ3n) is 4.45. The Morgan fingerprint density at radius 2 is 1.83 bits per heavy atom. The second kappa shape index (κ2) is 7.21. The minimum atomic E-state index is -5.80. The van der Waals surface area contributed by atoms with Crippen LogP contribution in [-0.2, 0) is 16.3 Å². The van der Waals surface area contributed by atoms with Crippen LogP contribution in [-0.4, -0.2) is 20.5 Å². The summed E-state index contributed by atoms with van der Waals surface area (Å²) in [5.74, 6) is -0.613. The van der Waals surface area contributed by atoms with E-state index in [1.165, 1.54) is 17.0 Å². The van der Waals surface area contributed by atoms with Crippen molar-refractivity contribution in [1.29, 1.82) is 10.5 Å². The van der Waals surface area contributed by atoms with Gasteiger partial charge >= 0.3 is 5.51 Å². The number of aryl methyl sites for hydroxylation is 1. The fourth-order valence-corrected chi connectivity index (χ4v) is 4.52. The van der Waals surface area contributed by atoms with Crippen LogP contribution in [0.3, 0.4) is 0 Å². The zero-order valence-corrected chi connectivity index (χ0v) is 16.0. The summed E-state index contributed by atoms with van der Waals surface area (Å²) in [5.41, 5.74) is -5.61. The third kappa shape index (κ3) is 3.39. The normalized spacial score (nSPS) is 14.1. The van der Waals surface area contributed by atoms with Gasteiger partial charge < -0.3 is 4.90 Å². The average molecular weight is 444 g/mol. The summed E-state index contributed by atoms with van der Waals surface area (Å²) in [6.45, 7) is 0.281. The lowest BCUT2D eigenvalue weighted by molar-refractivity contribution is -0.0436. The number of halogens is 5. The molecule has 2 aromatic carbocycles. The van der Waals surface area contributed by atoms with Gasteiger partial charge in [0.15, 0.2) is 0 Å². The van der Waals surface area contributed by atoms with E-state index in [-0.39, 0.29) is 17.8 Å². The minimum Gasteiger partial charge on any atom is -0.339 e. The number of rotatable bonds is 2. The van der Waals surface area contributed by atoms with Crippen LogP contribution >= 0.6 is 11.6 Å². The molecule has 0 spiro atoms. The van der Waals surface area contributed by atoms with E-state index >= 15 is 0 Å². The molecule has 0 aliphatic carbocycles. The Bertz CT molecular complexity index is 1200. The molecular formula is C18H10ClF4N3O2S. The van der Waals surface area contributed by atoms with E-state index < -0.39 is 36.6 Å². The molecule has 0 saturated heterocycles.